The molecular weight excluding hydrogens is 260 g/mol. The largest absolute Gasteiger partial charge is 0.309 e. The van der Waals surface area contributed by atoms with Gasteiger partial charge < -0.3 is 5.32 Å². The summed E-state index contributed by atoms with van der Waals surface area (Å²) in [5.41, 5.74) is 2.83. The standard InChI is InChI=1S/C14H18N2O2S/c1-11-7-12(8-15)4-5-13(11)9-16-14-3-2-6-19(17,18)10-14/h4-5,7,14,16H,2-3,6,9-10H2,1H3. The van der Waals surface area contributed by atoms with E-state index in [2.05, 4.69) is 11.4 Å². The predicted molar refractivity (Wildman–Crippen MR) is 74.4 cm³/mol. The zero-order valence-corrected chi connectivity index (χ0v) is 11.8. The molecule has 0 spiro atoms. The first-order chi connectivity index (χ1) is 9.00. The molecule has 1 fully saturated rings. The molecule has 2 rings (SSSR count). The number of benzene rings is 1. The number of hydrogen-bond acceptors (Lipinski definition) is 4. The summed E-state index contributed by atoms with van der Waals surface area (Å²) in [6.45, 7) is 2.62. The van der Waals surface area contributed by atoms with Crippen molar-refractivity contribution in [1.82, 2.24) is 5.32 Å². The fraction of sp³-hybridized carbons (Fsp3) is 0.500. The number of aryl methyl sites for hydroxylation is 1. The molecule has 1 aromatic rings. The van der Waals surface area contributed by atoms with Crippen molar-refractivity contribution in [2.45, 2.75) is 32.4 Å². The molecule has 1 saturated heterocycles. The smallest absolute Gasteiger partial charge is 0.151 e. The van der Waals surface area contributed by atoms with Gasteiger partial charge in [-0.05, 0) is 43.0 Å². The second-order valence-electron chi connectivity index (χ2n) is 5.09. The van der Waals surface area contributed by atoms with Gasteiger partial charge in [-0.25, -0.2) is 8.42 Å². The van der Waals surface area contributed by atoms with Gasteiger partial charge in [-0.2, -0.15) is 5.26 Å². The fourth-order valence-electron chi connectivity index (χ4n) is 2.40. The Bertz CT molecular complexity index is 602. The molecule has 1 N–H and O–H groups in total. The Hall–Kier alpha value is -1.38. The molecule has 1 atom stereocenters. The number of hydrogen-bond donors (Lipinski definition) is 1. The lowest BCUT2D eigenvalue weighted by molar-refractivity contribution is 0.479. The van der Waals surface area contributed by atoms with E-state index in [4.69, 9.17) is 5.26 Å². The molecule has 1 aliphatic rings. The first kappa shape index (κ1) is 14.0. The molecule has 0 bridgehead atoms. The third-order valence-electron chi connectivity index (χ3n) is 3.52. The first-order valence-electron chi connectivity index (χ1n) is 6.43. The van der Waals surface area contributed by atoms with Crippen LogP contribution in [0.1, 0.15) is 29.5 Å². The van der Waals surface area contributed by atoms with Crippen molar-refractivity contribution in [3.8, 4) is 6.07 Å². The molecule has 102 valence electrons. The molecule has 19 heavy (non-hydrogen) atoms. The Morgan fingerprint density at radius 3 is 2.89 bits per heavy atom. The van der Waals surface area contributed by atoms with Crippen molar-refractivity contribution in [1.29, 1.82) is 5.26 Å². The average Bonchev–Trinajstić information content (AvgIpc) is 2.36. The molecule has 4 nitrogen and oxygen atoms in total. The van der Waals surface area contributed by atoms with Crippen LogP contribution in [0.25, 0.3) is 0 Å². The molecule has 5 heteroatoms. The number of nitrogens with one attached hydrogen (secondary N) is 1. The van der Waals surface area contributed by atoms with Crippen LogP contribution in [0.4, 0.5) is 0 Å². The van der Waals surface area contributed by atoms with Gasteiger partial charge in [0, 0.05) is 12.6 Å². The summed E-state index contributed by atoms with van der Waals surface area (Å²) in [4.78, 5) is 0. The van der Waals surface area contributed by atoms with E-state index in [1.807, 2.05) is 19.1 Å². The number of nitriles is 1. The third kappa shape index (κ3) is 3.79. The van der Waals surface area contributed by atoms with Crippen LogP contribution in [0.5, 0.6) is 0 Å². The number of sulfone groups is 1. The van der Waals surface area contributed by atoms with Crippen molar-refractivity contribution in [3.05, 3.63) is 34.9 Å². The molecule has 0 aliphatic carbocycles. The highest BCUT2D eigenvalue weighted by Gasteiger charge is 2.24. The lowest BCUT2D eigenvalue weighted by atomic mass is 10.0. The van der Waals surface area contributed by atoms with Crippen LogP contribution in [0.3, 0.4) is 0 Å². The molecule has 1 heterocycles. The highest BCUT2D eigenvalue weighted by molar-refractivity contribution is 7.91. The van der Waals surface area contributed by atoms with Gasteiger partial charge in [-0.1, -0.05) is 6.07 Å². The Balaban J connectivity index is 1.98. The van der Waals surface area contributed by atoms with E-state index in [1.54, 1.807) is 6.07 Å². The normalized spacial score (nSPS) is 21.8. The summed E-state index contributed by atoms with van der Waals surface area (Å²) >= 11 is 0. The lowest BCUT2D eigenvalue weighted by Gasteiger charge is -2.23. The second-order valence-corrected chi connectivity index (χ2v) is 7.32. The Morgan fingerprint density at radius 2 is 2.26 bits per heavy atom. The third-order valence-corrected chi connectivity index (χ3v) is 5.34. The topological polar surface area (TPSA) is 70.0 Å². The summed E-state index contributed by atoms with van der Waals surface area (Å²) in [6, 6.07) is 7.74. The maximum Gasteiger partial charge on any atom is 0.151 e. The van der Waals surface area contributed by atoms with Crippen LogP contribution in [-0.4, -0.2) is 26.0 Å². The zero-order chi connectivity index (χ0) is 13.9. The molecule has 1 aromatic carbocycles. The summed E-state index contributed by atoms with van der Waals surface area (Å²) < 4.78 is 23.1. The van der Waals surface area contributed by atoms with Crippen molar-refractivity contribution in [2.24, 2.45) is 0 Å². The minimum Gasteiger partial charge on any atom is -0.309 e. The van der Waals surface area contributed by atoms with Crippen molar-refractivity contribution in [2.75, 3.05) is 11.5 Å². The highest BCUT2D eigenvalue weighted by atomic mass is 32.2. The average molecular weight is 278 g/mol. The van der Waals surface area contributed by atoms with E-state index in [-0.39, 0.29) is 11.8 Å². The van der Waals surface area contributed by atoms with E-state index in [9.17, 15) is 8.42 Å². The monoisotopic (exact) mass is 278 g/mol. The lowest BCUT2D eigenvalue weighted by Crippen LogP contribution is -2.39. The number of nitrogens with zero attached hydrogens (tertiary/aromatic N) is 1. The molecule has 0 radical (unpaired) electrons. The highest BCUT2D eigenvalue weighted by Crippen LogP contribution is 2.14. The zero-order valence-electron chi connectivity index (χ0n) is 11.0. The SMILES string of the molecule is Cc1cc(C#N)ccc1CNC1CCCS(=O)(=O)C1. The fourth-order valence-corrected chi connectivity index (χ4v) is 4.07. The molecule has 0 aromatic heterocycles. The summed E-state index contributed by atoms with van der Waals surface area (Å²) in [7, 11) is -2.86. The Kier molecular flexibility index (Phi) is 4.23. The molecular formula is C14H18N2O2S. The summed E-state index contributed by atoms with van der Waals surface area (Å²) in [5.74, 6) is 0.559. The summed E-state index contributed by atoms with van der Waals surface area (Å²) in [5, 5.41) is 12.1. The molecule has 1 unspecified atom stereocenters. The van der Waals surface area contributed by atoms with Gasteiger partial charge in [0.25, 0.3) is 0 Å². The van der Waals surface area contributed by atoms with Crippen LogP contribution >= 0.6 is 0 Å². The Morgan fingerprint density at radius 1 is 1.47 bits per heavy atom. The van der Waals surface area contributed by atoms with Crippen LogP contribution in [0, 0.1) is 18.3 Å². The van der Waals surface area contributed by atoms with Gasteiger partial charge in [0.05, 0.1) is 23.1 Å². The van der Waals surface area contributed by atoms with Crippen LogP contribution in [0.2, 0.25) is 0 Å². The van der Waals surface area contributed by atoms with Crippen LogP contribution in [-0.2, 0) is 16.4 Å². The molecule has 0 amide bonds. The predicted octanol–water partition coefficient (Wildman–Crippen LogP) is 1.53. The van der Waals surface area contributed by atoms with E-state index < -0.39 is 9.84 Å². The second kappa shape index (κ2) is 5.72. The van der Waals surface area contributed by atoms with Crippen molar-refractivity contribution >= 4 is 9.84 Å². The Labute approximate surface area is 114 Å². The van der Waals surface area contributed by atoms with E-state index in [0.717, 1.165) is 24.0 Å². The minimum atomic E-state index is -2.86. The van der Waals surface area contributed by atoms with Crippen molar-refractivity contribution in [3.63, 3.8) is 0 Å². The van der Waals surface area contributed by atoms with Crippen LogP contribution in [0.15, 0.2) is 18.2 Å². The van der Waals surface area contributed by atoms with Crippen LogP contribution < -0.4 is 5.32 Å². The van der Waals surface area contributed by atoms with Gasteiger partial charge >= 0.3 is 0 Å². The molecule has 0 saturated carbocycles. The van der Waals surface area contributed by atoms with Gasteiger partial charge in [-0.3, -0.25) is 0 Å². The van der Waals surface area contributed by atoms with Gasteiger partial charge in [0.15, 0.2) is 9.84 Å². The maximum atomic E-state index is 11.5. The summed E-state index contributed by atoms with van der Waals surface area (Å²) in [6.07, 6.45) is 1.65. The van der Waals surface area contributed by atoms with Gasteiger partial charge in [0.1, 0.15) is 0 Å². The minimum absolute atomic E-state index is 0.0498. The van der Waals surface area contributed by atoms with Gasteiger partial charge in [-0.15, -0.1) is 0 Å². The maximum absolute atomic E-state index is 11.5. The van der Waals surface area contributed by atoms with E-state index in [0.29, 0.717) is 17.9 Å². The van der Waals surface area contributed by atoms with E-state index >= 15 is 0 Å². The number of rotatable bonds is 3. The molecule has 1 aliphatic heterocycles. The van der Waals surface area contributed by atoms with Crippen molar-refractivity contribution < 1.29 is 8.42 Å². The van der Waals surface area contributed by atoms with E-state index in [1.165, 1.54) is 0 Å². The van der Waals surface area contributed by atoms with Gasteiger partial charge in [0.2, 0.25) is 0 Å². The quantitative estimate of drug-likeness (QED) is 0.910. The first-order valence-corrected chi connectivity index (χ1v) is 8.26.